The molecule has 0 saturated carbocycles. The van der Waals surface area contributed by atoms with Crippen LogP contribution in [-0.4, -0.2) is 15.8 Å². The van der Waals surface area contributed by atoms with E-state index in [0.29, 0.717) is 0 Å². The first-order valence-electron chi connectivity index (χ1n) is 2.10. The SMILES string of the molecule is NC(=O)n1cccn1. The second-order valence-corrected chi connectivity index (χ2v) is 1.29. The lowest BCUT2D eigenvalue weighted by atomic mass is 10.7. The Kier molecular flexibility index (Phi) is 0.997. The molecule has 4 nitrogen and oxygen atoms in total. The number of hydrogen-bond acceptors (Lipinski definition) is 2. The fourth-order valence-electron chi connectivity index (χ4n) is 0.399. The Hall–Kier alpha value is -1.32. The molecule has 0 atom stereocenters. The summed E-state index contributed by atoms with van der Waals surface area (Å²) < 4.78 is 1.06. The summed E-state index contributed by atoms with van der Waals surface area (Å²) in [6, 6.07) is 1.07. The zero-order valence-electron chi connectivity index (χ0n) is 4.11. The molecule has 42 valence electrons. The van der Waals surface area contributed by atoms with Gasteiger partial charge in [-0.25, -0.2) is 4.79 Å². The average Bonchev–Trinajstić information content (AvgIpc) is 2.12. The number of aromatic nitrogens is 2. The Morgan fingerprint density at radius 2 is 2.50 bits per heavy atom. The molecule has 0 aliphatic carbocycles. The number of primary amides is 1. The van der Waals surface area contributed by atoms with E-state index in [-0.39, 0.29) is 0 Å². The van der Waals surface area contributed by atoms with Gasteiger partial charge in [-0.3, -0.25) is 0 Å². The van der Waals surface area contributed by atoms with Crippen molar-refractivity contribution in [3.63, 3.8) is 0 Å². The van der Waals surface area contributed by atoms with Gasteiger partial charge < -0.3 is 5.73 Å². The number of nitrogens with zero attached hydrogens (tertiary/aromatic N) is 2. The Morgan fingerprint density at radius 1 is 1.75 bits per heavy atom. The van der Waals surface area contributed by atoms with E-state index in [1.165, 1.54) is 12.4 Å². The highest BCUT2D eigenvalue weighted by Crippen LogP contribution is 1.78. The summed E-state index contributed by atoms with van der Waals surface area (Å²) in [7, 11) is 0. The smallest absolute Gasteiger partial charge is 0.339 e. The Morgan fingerprint density at radius 3 is 2.75 bits per heavy atom. The fraction of sp³-hybridized carbons (Fsp3) is 0. The largest absolute Gasteiger partial charge is 0.350 e. The summed E-state index contributed by atoms with van der Waals surface area (Å²) in [4.78, 5) is 10.2. The summed E-state index contributed by atoms with van der Waals surface area (Å²) in [5, 5.41) is 3.56. The van der Waals surface area contributed by atoms with Crippen LogP contribution in [0.1, 0.15) is 0 Å². The topological polar surface area (TPSA) is 60.9 Å². The maximum absolute atomic E-state index is 10.2. The third kappa shape index (κ3) is 0.676. The molecule has 0 aliphatic heterocycles. The van der Waals surface area contributed by atoms with Crippen LogP contribution in [0.25, 0.3) is 0 Å². The first-order valence-corrected chi connectivity index (χ1v) is 2.10. The van der Waals surface area contributed by atoms with Crippen LogP contribution in [0, 0.1) is 0 Å². The quantitative estimate of drug-likeness (QED) is 0.504. The highest BCUT2D eigenvalue weighted by atomic mass is 16.2. The van der Waals surface area contributed by atoms with Crippen LogP contribution < -0.4 is 5.73 Å². The molecular formula is C4H5N3O. The summed E-state index contributed by atoms with van der Waals surface area (Å²) in [5.74, 6) is 0. The molecule has 1 heterocycles. The fourth-order valence-corrected chi connectivity index (χ4v) is 0.399. The third-order valence-corrected chi connectivity index (χ3v) is 0.730. The normalized spacial score (nSPS) is 9.00. The van der Waals surface area contributed by atoms with Gasteiger partial charge in [0.15, 0.2) is 0 Å². The predicted octanol–water partition coefficient (Wildman–Crippen LogP) is -0.190. The van der Waals surface area contributed by atoms with Crippen molar-refractivity contribution >= 4 is 6.03 Å². The van der Waals surface area contributed by atoms with Gasteiger partial charge in [0.1, 0.15) is 0 Å². The van der Waals surface area contributed by atoms with E-state index in [1.807, 2.05) is 0 Å². The number of amides is 1. The minimum atomic E-state index is -0.560. The number of rotatable bonds is 0. The third-order valence-electron chi connectivity index (χ3n) is 0.730. The van der Waals surface area contributed by atoms with Gasteiger partial charge in [0, 0.05) is 12.4 Å². The van der Waals surface area contributed by atoms with E-state index in [4.69, 9.17) is 5.73 Å². The molecule has 1 rings (SSSR count). The van der Waals surface area contributed by atoms with Crippen molar-refractivity contribution in [3.8, 4) is 0 Å². The summed E-state index contributed by atoms with van der Waals surface area (Å²) in [6.07, 6.45) is 2.98. The van der Waals surface area contributed by atoms with Crippen LogP contribution in [0.15, 0.2) is 18.5 Å². The summed E-state index contributed by atoms with van der Waals surface area (Å²) >= 11 is 0. The molecule has 0 aromatic carbocycles. The van der Waals surface area contributed by atoms with E-state index in [9.17, 15) is 4.79 Å². The molecular weight excluding hydrogens is 106 g/mol. The van der Waals surface area contributed by atoms with Crippen LogP contribution in [0.2, 0.25) is 0 Å². The van der Waals surface area contributed by atoms with Crippen LogP contribution in [0.4, 0.5) is 4.79 Å². The second-order valence-electron chi connectivity index (χ2n) is 1.29. The summed E-state index contributed by atoms with van der Waals surface area (Å²) in [6.45, 7) is 0. The van der Waals surface area contributed by atoms with Crippen LogP contribution in [0.5, 0.6) is 0 Å². The first kappa shape index (κ1) is 4.83. The molecule has 4 heteroatoms. The van der Waals surface area contributed by atoms with Crippen LogP contribution >= 0.6 is 0 Å². The van der Waals surface area contributed by atoms with Gasteiger partial charge in [-0.05, 0) is 6.07 Å². The predicted molar refractivity (Wildman–Crippen MR) is 27.2 cm³/mol. The Balaban J connectivity index is 2.93. The van der Waals surface area contributed by atoms with E-state index >= 15 is 0 Å². The molecule has 1 aromatic rings. The second kappa shape index (κ2) is 1.65. The van der Waals surface area contributed by atoms with Crippen molar-refractivity contribution < 1.29 is 4.79 Å². The van der Waals surface area contributed by atoms with E-state index < -0.39 is 6.03 Å². The van der Waals surface area contributed by atoms with Gasteiger partial charge >= 0.3 is 6.03 Å². The minimum Gasteiger partial charge on any atom is -0.350 e. The highest BCUT2D eigenvalue weighted by Gasteiger charge is 1.91. The molecule has 0 bridgehead atoms. The zero-order chi connectivity index (χ0) is 5.98. The molecule has 0 aliphatic rings. The van der Waals surface area contributed by atoms with Crippen molar-refractivity contribution in [3.05, 3.63) is 18.5 Å². The minimum absolute atomic E-state index is 0.560. The molecule has 0 unspecified atom stereocenters. The van der Waals surface area contributed by atoms with Gasteiger partial charge in [-0.15, -0.1) is 0 Å². The first-order chi connectivity index (χ1) is 3.80. The van der Waals surface area contributed by atoms with Gasteiger partial charge in [0.25, 0.3) is 0 Å². The molecule has 0 radical (unpaired) electrons. The number of nitrogens with two attached hydrogens (primary N) is 1. The molecule has 0 fully saturated rings. The lowest BCUT2D eigenvalue weighted by molar-refractivity contribution is 0.247. The van der Waals surface area contributed by atoms with E-state index in [0.717, 1.165) is 4.68 Å². The number of hydrogen-bond donors (Lipinski definition) is 1. The highest BCUT2D eigenvalue weighted by molar-refractivity contribution is 5.73. The Bertz CT molecular complexity index is 179. The van der Waals surface area contributed by atoms with E-state index in [2.05, 4.69) is 5.10 Å². The van der Waals surface area contributed by atoms with Crippen molar-refractivity contribution in [2.24, 2.45) is 5.73 Å². The maximum atomic E-state index is 10.2. The lowest BCUT2D eigenvalue weighted by Gasteiger charge is -1.86. The maximum Gasteiger partial charge on any atom is 0.339 e. The monoisotopic (exact) mass is 111 g/mol. The number of carbonyl (C=O) groups is 1. The summed E-state index contributed by atoms with van der Waals surface area (Å²) in [5.41, 5.74) is 4.82. The molecule has 0 saturated heterocycles. The van der Waals surface area contributed by atoms with Crippen molar-refractivity contribution in [1.29, 1.82) is 0 Å². The Labute approximate surface area is 45.9 Å². The van der Waals surface area contributed by atoms with E-state index in [1.54, 1.807) is 6.07 Å². The lowest BCUT2D eigenvalue weighted by Crippen LogP contribution is -2.19. The average molecular weight is 111 g/mol. The van der Waals surface area contributed by atoms with Gasteiger partial charge in [0.05, 0.1) is 0 Å². The van der Waals surface area contributed by atoms with Gasteiger partial charge in [-0.2, -0.15) is 9.78 Å². The molecule has 2 N–H and O–H groups in total. The van der Waals surface area contributed by atoms with Crippen LogP contribution in [0.3, 0.4) is 0 Å². The standard InChI is InChI=1S/C4H5N3O/c5-4(8)7-3-1-2-6-7/h1-3H,(H2,5,8). The van der Waals surface area contributed by atoms with Crippen molar-refractivity contribution in [2.75, 3.05) is 0 Å². The van der Waals surface area contributed by atoms with Crippen LogP contribution in [-0.2, 0) is 0 Å². The van der Waals surface area contributed by atoms with Crippen molar-refractivity contribution in [1.82, 2.24) is 9.78 Å². The number of carbonyl (C=O) groups excluding carboxylic acids is 1. The van der Waals surface area contributed by atoms with Crippen molar-refractivity contribution in [2.45, 2.75) is 0 Å². The zero-order valence-corrected chi connectivity index (χ0v) is 4.11. The molecule has 0 spiro atoms. The molecule has 1 aromatic heterocycles. The molecule has 1 amide bonds. The molecule has 8 heavy (non-hydrogen) atoms. The van der Waals surface area contributed by atoms with Gasteiger partial charge in [-0.1, -0.05) is 0 Å². The van der Waals surface area contributed by atoms with Gasteiger partial charge in [0.2, 0.25) is 0 Å².